The SMILES string of the molecule is Cc1c(C(=O)N[C@H](c2cn3ncc([C@H](NC(=O)CCC(F)(F)F)C4CC4)cc3n2)C2CCC(F)(F)CC2)nnn1CC(F)F. The summed E-state index contributed by atoms with van der Waals surface area (Å²) in [5.41, 5.74) is 1.10. The van der Waals surface area contributed by atoms with E-state index >= 15 is 0 Å². The number of carbonyl (C=O) groups excluding carboxylic acids is 2. The predicted octanol–water partition coefficient (Wildman–Crippen LogP) is 5.10. The van der Waals surface area contributed by atoms with Gasteiger partial charge < -0.3 is 10.6 Å². The van der Waals surface area contributed by atoms with Gasteiger partial charge in [-0.05, 0) is 56.1 Å². The third kappa shape index (κ3) is 7.64. The van der Waals surface area contributed by atoms with Crippen LogP contribution in [0.25, 0.3) is 5.65 Å². The fourth-order valence-corrected chi connectivity index (χ4v) is 5.55. The van der Waals surface area contributed by atoms with E-state index in [0.29, 0.717) is 16.9 Å². The number of nitrogens with one attached hydrogen (secondary N) is 2. The Balaban J connectivity index is 1.40. The summed E-state index contributed by atoms with van der Waals surface area (Å²) in [6.07, 6.45) is -5.17. The van der Waals surface area contributed by atoms with Crippen LogP contribution < -0.4 is 10.6 Å². The Morgan fingerprint density at radius 3 is 2.39 bits per heavy atom. The fourth-order valence-electron chi connectivity index (χ4n) is 5.55. The summed E-state index contributed by atoms with van der Waals surface area (Å²) in [6, 6.07) is 0.213. The average molecular weight is 633 g/mol. The molecule has 0 aromatic carbocycles. The number of fused-ring (bicyclic) bond motifs is 1. The Morgan fingerprint density at radius 1 is 1.07 bits per heavy atom. The van der Waals surface area contributed by atoms with E-state index in [1.807, 2.05) is 0 Å². The number of carbonyl (C=O) groups is 2. The third-order valence-electron chi connectivity index (χ3n) is 8.11. The molecule has 240 valence electrons. The fraction of sp³-hybridized carbons (Fsp3) is 0.630. The van der Waals surface area contributed by atoms with Crippen LogP contribution >= 0.6 is 0 Å². The van der Waals surface area contributed by atoms with Crippen molar-refractivity contribution >= 4 is 17.5 Å². The minimum absolute atomic E-state index is 0.0289. The van der Waals surface area contributed by atoms with Gasteiger partial charge in [0.25, 0.3) is 12.3 Å². The van der Waals surface area contributed by atoms with Crippen LogP contribution in [0.3, 0.4) is 0 Å². The van der Waals surface area contributed by atoms with E-state index in [4.69, 9.17) is 0 Å². The highest BCUT2D eigenvalue weighted by Crippen LogP contribution is 2.43. The van der Waals surface area contributed by atoms with Crippen molar-refractivity contribution in [2.75, 3.05) is 0 Å². The van der Waals surface area contributed by atoms with Crippen molar-refractivity contribution in [3.8, 4) is 0 Å². The van der Waals surface area contributed by atoms with Gasteiger partial charge in [0.2, 0.25) is 11.8 Å². The smallest absolute Gasteiger partial charge is 0.349 e. The molecule has 5 rings (SSSR count). The number of rotatable bonds is 11. The standard InChI is InChI=1S/C27H31F7N8O2/c1-14-22(39-40-41(14)13-19(28)29)25(44)38-24(16-4-7-26(30,31)8-5-16)18-12-42-20(36-18)10-17(11-35-42)23(15-2-3-15)37-21(43)6-9-27(32,33)34/h10-12,15-16,19,23-24H,2-9,13H2,1H3,(H,37,43)(H,38,44)/t23-,24+/m1/s1. The zero-order chi connectivity index (χ0) is 31.8. The molecule has 0 unspecified atom stereocenters. The summed E-state index contributed by atoms with van der Waals surface area (Å²) in [5, 5.41) is 17.2. The molecule has 3 aromatic heterocycles. The van der Waals surface area contributed by atoms with Crippen LogP contribution in [0.5, 0.6) is 0 Å². The molecule has 2 saturated carbocycles. The maximum Gasteiger partial charge on any atom is 0.389 e. The first-order chi connectivity index (χ1) is 20.7. The van der Waals surface area contributed by atoms with Crippen molar-refractivity contribution < 1.29 is 40.3 Å². The first-order valence-corrected chi connectivity index (χ1v) is 14.3. The van der Waals surface area contributed by atoms with E-state index in [0.717, 1.165) is 17.5 Å². The Morgan fingerprint density at radius 2 is 1.75 bits per heavy atom. The Hall–Kier alpha value is -3.79. The Kier molecular flexibility index (Phi) is 8.84. The zero-order valence-corrected chi connectivity index (χ0v) is 23.6. The van der Waals surface area contributed by atoms with Gasteiger partial charge in [-0.3, -0.25) is 9.59 Å². The summed E-state index contributed by atoms with van der Waals surface area (Å²) >= 11 is 0. The zero-order valence-electron chi connectivity index (χ0n) is 23.6. The average Bonchev–Trinajstić information content (AvgIpc) is 3.60. The number of hydrogen-bond acceptors (Lipinski definition) is 6. The van der Waals surface area contributed by atoms with Gasteiger partial charge in [0, 0.05) is 19.3 Å². The van der Waals surface area contributed by atoms with E-state index in [1.165, 1.54) is 23.8 Å². The highest BCUT2D eigenvalue weighted by Gasteiger charge is 2.40. The van der Waals surface area contributed by atoms with E-state index in [9.17, 15) is 40.3 Å². The van der Waals surface area contributed by atoms with Gasteiger partial charge in [0.05, 0.1) is 42.3 Å². The highest BCUT2D eigenvalue weighted by atomic mass is 19.4. The number of halogens is 7. The molecular formula is C27H31F7N8O2. The molecule has 17 heteroatoms. The molecule has 0 saturated heterocycles. The van der Waals surface area contributed by atoms with Crippen molar-refractivity contribution in [3.63, 3.8) is 0 Å². The van der Waals surface area contributed by atoms with Crippen molar-refractivity contribution in [1.29, 1.82) is 0 Å². The van der Waals surface area contributed by atoms with Gasteiger partial charge >= 0.3 is 6.18 Å². The lowest BCUT2D eigenvalue weighted by molar-refractivity contribution is -0.144. The lowest BCUT2D eigenvalue weighted by Crippen LogP contribution is -2.37. The largest absolute Gasteiger partial charge is 0.389 e. The van der Waals surface area contributed by atoms with Crippen LogP contribution in [0.1, 0.15) is 90.9 Å². The lowest BCUT2D eigenvalue weighted by Gasteiger charge is -2.33. The van der Waals surface area contributed by atoms with Gasteiger partial charge in [-0.2, -0.15) is 18.3 Å². The molecule has 3 aromatic rings. The molecule has 2 atom stereocenters. The molecule has 0 radical (unpaired) electrons. The molecule has 0 bridgehead atoms. The van der Waals surface area contributed by atoms with Crippen molar-refractivity contribution in [2.24, 2.45) is 11.8 Å². The summed E-state index contributed by atoms with van der Waals surface area (Å²) in [6.45, 7) is 0.667. The Labute approximate surface area is 246 Å². The van der Waals surface area contributed by atoms with Gasteiger partial charge in [0.1, 0.15) is 6.54 Å². The molecule has 2 aliphatic carbocycles. The van der Waals surface area contributed by atoms with Crippen molar-refractivity contribution in [2.45, 2.75) is 95.4 Å². The molecule has 2 amide bonds. The first-order valence-electron chi connectivity index (χ1n) is 14.3. The lowest BCUT2D eigenvalue weighted by atomic mass is 9.81. The second kappa shape index (κ2) is 12.3. The van der Waals surface area contributed by atoms with E-state index in [-0.39, 0.29) is 43.0 Å². The topological polar surface area (TPSA) is 119 Å². The van der Waals surface area contributed by atoms with E-state index in [2.05, 4.69) is 31.0 Å². The molecule has 2 fully saturated rings. The highest BCUT2D eigenvalue weighted by molar-refractivity contribution is 5.93. The van der Waals surface area contributed by atoms with Gasteiger partial charge in [0.15, 0.2) is 11.3 Å². The van der Waals surface area contributed by atoms with Crippen LogP contribution in [0, 0.1) is 18.8 Å². The quantitative estimate of drug-likeness (QED) is 0.284. The summed E-state index contributed by atoms with van der Waals surface area (Å²) in [4.78, 5) is 30.1. The molecular weight excluding hydrogens is 601 g/mol. The van der Waals surface area contributed by atoms with Crippen LogP contribution in [0.15, 0.2) is 18.5 Å². The van der Waals surface area contributed by atoms with Gasteiger partial charge in [-0.25, -0.2) is 31.7 Å². The van der Waals surface area contributed by atoms with Crippen LogP contribution in [-0.2, 0) is 11.3 Å². The van der Waals surface area contributed by atoms with Crippen molar-refractivity contribution in [1.82, 2.24) is 40.2 Å². The van der Waals surface area contributed by atoms with Crippen LogP contribution in [-0.4, -0.2) is 59.9 Å². The monoisotopic (exact) mass is 632 g/mol. The number of imidazole rings is 1. The van der Waals surface area contributed by atoms with Crippen molar-refractivity contribution in [3.05, 3.63) is 41.1 Å². The van der Waals surface area contributed by atoms with Gasteiger partial charge in [-0.15, -0.1) is 5.10 Å². The number of amides is 2. The normalized spacial score (nSPS) is 18.8. The second-order valence-electron chi connectivity index (χ2n) is 11.5. The van der Waals surface area contributed by atoms with E-state index in [1.54, 1.807) is 6.07 Å². The molecule has 44 heavy (non-hydrogen) atoms. The van der Waals surface area contributed by atoms with Gasteiger partial charge in [-0.1, -0.05) is 5.21 Å². The van der Waals surface area contributed by atoms with Crippen LogP contribution in [0.4, 0.5) is 30.7 Å². The minimum atomic E-state index is -4.46. The summed E-state index contributed by atoms with van der Waals surface area (Å²) < 4.78 is 93.9. The minimum Gasteiger partial charge on any atom is -0.349 e. The van der Waals surface area contributed by atoms with Crippen LogP contribution in [0.2, 0.25) is 0 Å². The maximum absolute atomic E-state index is 14.0. The number of nitrogens with zero attached hydrogens (tertiary/aromatic N) is 6. The summed E-state index contributed by atoms with van der Waals surface area (Å²) in [5.74, 6) is -4.71. The second-order valence-corrected chi connectivity index (χ2v) is 11.5. The third-order valence-corrected chi connectivity index (χ3v) is 8.11. The molecule has 0 spiro atoms. The number of hydrogen-bond donors (Lipinski definition) is 2. The summed E-state index contributed by atoms with van der Waals surface area (Å²) in [7, 11) is 0. The molecule has 2 N–H and O–H groups in total. The predicted molar refractivity (Wildman–Crippen MR) is 140 cm³/mol. The number of aromatic nitrogens is 6. The molecule has 10 nitrogen and oxygen atoms in total. The molecule has 2 aliphatic rings. The molecule has 3 heterocycles. The molecule has 0 aliphatic heterocycles. The Bertz CT molecular complexity index is 1490. The van der Waals surface area contributed by atoms with E-state index < -0.39 is 67.7 Å². The first kappa shape index (κ1) is 31.6. The maximum atomic E-state index is 14.0. The number of alkyl halides is 7.